The number of hydrogen-bond acceptors (Lipinski definition) is 5. The van der Waals surface area contributed by atoms with Gasteiger partial charge in [-0.15, -0.1) is 11.3 Å². The number of amides is 1. The van der Waals surface area contributed by atoms with Gasteiger partial charge in [0.25, 0.3) is 5.56 Å². The number of aromatic nitrogens is 2. The van der Waals surface area contributed by atoms with Crippen molar-refractivity contribution in [2.24, 2.45) is 0 Å². The molecule has 1 amide bonds. The first kappa shape index (κ1) is 19.5. The maximum absolute atomic E-state index is 12.7. The van der Waals surface area contributed by atoms with Crippen LogP contribution in [-0.2, 0) is 30.6 Å². The second kappa shape index (κ2) is 7.96. The van der Waals surface area contributed by atoms with Crippen molar-refractivity contribution >= 4 is 27.5 Å². The zero-order valence-electron chi connectivity index (χ0n) is 17.2. The number of benzene rings is 1. The summed E-state index contributed by atoms with van der Waals surface area (Å²) in [5.74, 6) is 0.914. The molecule has 1 aliphatic heterocycles. The molecular weight excluding hydrogens is 396 g/mol. The smallest absolute Gasteiger partial charge is 0.259 e. The lowest BCUT2D eigenvalue weighted by Gasteiger charge is -2.34. The summed E-state index contributed by atoms with van der Waals surface area (Å²) < 4.78 is 0. The van der Waals surface area contributed by atoms with E-state index in [0.717, 1.165) is 59.5 Å². The highest BCUT2D eigenvalue weighted by atomic mass is 32.1. The molecule has 2 aliphatic rings. The van der Waals surface area contributed by atoms with Crippen LogP contribution in [0.2, 0.25) is 0 Å². The Labute approximate surface area is 179 Å². The highest BCUT2D eigenvalue weighted by Gasteiger charge is 2.24. The maximum Gasteiger partial charge on any atom is 0.259 e. The van der Waals surface area contributed by atoms with Crippen LogP contribution in [0.15, 0.2) is 29.1 Å². The van der Waals surface area contributed by atoms with Gasteiger partial charge in [-0.25, -0.2) is 4.98 Å². The predicted octanol–water partition coefficient (Wildman–Crippen LogP) is 2.67. The van der Waals surface area contributed by atoms with Crippen molar-refractivity contribution in [2.45, 2.75) is 39.2 Å². The monoisotopic (exact) mass is 422 g/mol. The first-order valence-corrected chi connectivity index (χ1v) is 11.5. The van der Waals surface area contributed by atoms with Gasteiger partial charge in [0.05, 0.1) is 18.4 Å². The number of nitrogens with zero attached hydrogens (tertiary/aromatic N) is 3. The van der Waals surface area contributed by atoms with E-state index in [1.54, 1.807) is 11.3 Å². The molecular formula is C23H26N4O2S. The molecule has 156 valence electrons. The number of H-pyrrole nitrogens is 1. The fourth-order valence-electron chi connectivity index (χ4n) is 4.57. The van der Waals surface area contributed by atoms with Gasteiger partial charge < -0.3 is 9.88 Å². The zero-order valence-corrected chi connectivity index (χ0v) is 18.1. The van der Waals surface area contributed by atoms with Crippen molar-refractivity contribution in [2.75, 3.05) is 26.2 Å². The van der Waals surface area contributed by atoms with Crippen LogP contribution < -0.4 is 5.56 Å². The van der Waals surface area contributed by atoms with Gasteiger partial charge in [-0.2, -0.15) is 0 Å². The van der Waals surface area contributed by atoms with Crippen LogP contribution in [0.1, 0.15) is 33.8 Å². The second-order valence-corrected chi connectivity index (χ2v) is 9.39. The number of aryl methyl sites for hydroxylation is 3. The van der Waals surface area contributed by atoms with Crippen molar-refractivity contribution in [1.82, 2.24) is 19.8 Å². The van der Waals surface area contributed by atoms with Gasteiger partial charge in [-0.1, -0.05) is 24.3 Å². The quantitative estimate of drug-likeness (QED) is 0.702. The zero-order chi connectivity index (χ0) is 20.7. The number of thiophene rings is 1. The summed E-state index contributed by atoms with van der Waals surface area (Å²) in [6.07, 6.45) is 3.67. The molecule has 3 aromatic rings. The van der Waals surface area contributed by atoms with Gasteiger partial charge >= 0.3 is 0 Å². The molecule has 7 heteroatoms. The number of carbonyl (C=O) groups excluding carboxylic acids is 1. The second-order valence-electron chi connectivity index (χ2n) is 8.31. The van der Waals surface area contributed by atoms with Crippen LogP contribution >= 0.6 is 11.3 Å². The van der Waals surface area contributed by atoms with E-state index in [9.17, 15) is 9.59 Å². The van der Waals surface area contributed by atoms with Crippen LogP contribution in [0, 0.1) is 6.92 Å². The average Bonchev–Trinajstić information content (AvgIpc) is 3.31. The summed E-state index contributed by atoms with van der Waals surface area (Å²) in [5.41, 5.74) is 3.48. The van der Waals surface area contributed by atoms with Crippen molar-refractivity contribution in [3.63, 3.8) is 0 Å². The van der Waals surface area contributed by atoms with E-state index < -0.39 is 0 Å². The third-order valence-electron chi connectivity index (χ3n) is 6.33. The van der Waals surface area contributed by atoms with Crippen molar-refractivity contribution in [3.8, 4) is 0 Å². The number of piperazine rings is 1. The van der Waals surface area contributed by atoms with E-state index in [1.165, 1.54) is 10.4 Å². The lowest BCUT2D eigenvalue weighted by Crippen LogP contribution is -2.49. The first-order valence-electron chi connectivity index (χ1n) is 10.7. The lowest BCUT2D eigenvalue weighted by atomic mass is 10.1. The van der Waals surface area contributed by atoms with Crippen LogP contribution in [0.25, 0.3) is 10.2 Å². The summed E-state index contributed by atoms with van der Waals surface area (Å²) in [5, 5.41) is 0.808. The molecule has 1 fully saturated rings. The van der Waals surface area contributed by atoms with E-state index in [2.05, 4.69) is 9.88 Å². The number of nitrogens with one attached hydrogen (secondary N) is 1. The average molecular weight is 423 g/mol. The van der Waals surface area contributed by atoms with Gasteiger partial charge in [0, 0.05) is 31.1 Å². The van der Waals surface area contributed by atoms with Crippen LogP contribution in [0.3, 0.4) is 0 Å². The Balaban J connectivity index is 1.22. The number of carbonyl (C=O) groups is 1. The maximum atomic E-state index is 12.7. The number of rotatable bonds is 4. The molecule has 0 spiro atoms. The van der Waals surface area contributed by atoms with Crippen molar-refractivity contribution < 1.29 is 4.79 Å². The third-order valence-corrected chi connectivity index (χ3v) is 7.51. The largest absolute Gasteiger partial charge is 0.340 e. The third kappa shape index (κ3) is 3.68. The lowest BCUT2D eigenvalue weighted by molar-refractivity contribution is -0.132. The molecule has 30 heavy (non-hydrogen) atoms. The molecule has 0 unspecified atom stereocenters. The minimum absolute atomic E-state index is 0.00134. The van der Waals surface area contributed by atoms with E-state index in [4.69, 9.17) is 4.98 Å². The Hall–Kier alpha value is -2.51. The molecule has 2 aromatic heterocycles. The van der Waals surface area contributed by atoms with E-state index in [-0.39, 0.29) is 11.5 Å². The summed E-state index contributed by atoms with van der Waals surface area (Å²) in [6, 6.07) is 8.07. The van der Waals surface area contributed by atoms with Gasteiger partial charge in [-0.05, 0) is 42.9 Å². The fraction of sp³-hybridized carbons (Fsp3) is 0.435. The summed E-state index contributed by atoms with van der Waals surface area (Å²) in [7, 11) is 0. The molecule has 1 aliphatic carbocycles. The number of hydrogen-bond donors (Lipinski definition) is 1. The van der Waals surface area contributed by atoms with Crippen LogP contribution in [0.5, 0.6) is 0 Å². The highest BCUT2D eigenvalue weighted by Crippen LogP contribution is 2.34. The molecule has 1 N–H and O–H groups in total. The van der Waals surface area contributed by atoms with Crippen molar-refractivity contribution in [1.29, 1.82) is 0 Å². The van der Waals surface area contributed by atoms with E-state index in [0.29, 0.717) is 26.1 Å². The van der Waals surface area contributed by atoms with E-state index in [1.807, 2.05) is 36.1 Å². The Morgan fingerprint density at radius 3 is 2.77 bits per heavy atom. The normalized spacial score (nSPS) is 16.9. The van der Waals surface area contributed by atoms with Gasteiger partial charge in [0.2, 0.25) is 5.91 Å². The van der Waals surface area contributed by atoms with Crippen LogP contribution in [0.4, 0.5) is 0 Å². The van der Waals surface area contributed by atoms with Gasteiger partial charge in [0.15, 0.2) is 0 Å². The van der Waals surface area contributed by atoms with Gasteiger partial charge in [0.1, 0.15) is 10.7 Å². The summed E-state index contributed by atoms with van der Waals surface area (Å²) in [4.78, 5) is 39.5. The first-order chi connectivity index (χ1) is 14.6. The molecule has 3 heterocycles. The van der Waals surface area contributed by atoms with Gasteiger partial charge in [-0.3, -0.25) is 14.5 Å². The molecule has 0 atom stereocenters. The topological polar surface area (TPSA) is 69.3 Å². The molecule has 0 radical (unpaired) electrons. The molecule has 6 nitrogen and oxygen atoms in total. The standard InChI is InChI=1S/C23H26N4O2S/c1-15-5-2-3-6-16(15)13-20(28)27-11-9-26(10-12-27)14-19-24-22(29)21-17-7-4-8-18(17)30-23(21)25-19/h2-3,5-6H,4,7-14H2,1H3,(H,24,25,29). The SMILES string of the molecule is Cc1ccccc1CC(=O)N1CCN(Cc2nc3sc4c(c3c(=O)[nH]2)CCC4)CC1. The minimum Gasteiger partial charge on any atom is -0.340 e. The Morgan fingerprint density at radius 2 is 1.97 bits per heavy atom. The Kier molecular flexibility index (Phi) is 5.16. The molecule has 1 aromatic carbocycles. The fourth-order valence-corrected chi connectivity index (χ4v) is 5.85. The number of fused-ring (bicyclic) bond motifs is 3. The minimum atomic E-state index is 0.00134. The summed E-state index contributed by atoms with van der Waals surface area (Å²) >= 11 is 1.68. The molecule has 5 rings (SSSR count). The molecule has 0 saturated carbocycles. The number of aromatic amines is 1. The molecule has 1 saturated heterocycles. The Bertz CT molecular complexity index is 1160. The summed E-state index contributed by atoms with van der Waals surface area (Å²) in [6.45, 7) is 5.68. The highest BCUT2D eigenvalue weighted by molar-refractivity contribution is 7.18. The Morgan fingerprint density at radius 1 is 1.17 bits per heavy atom. The molecule has 0 bridgehead atoms. The van der Waals surface area contributed by atoms with E-state index >= 15 is 0 Å². The van der Waals surface area contributed by atoms with Crippen LogP contribution in [-0.4, -0.2) is 51.9 Å². The predicted molar refractivity (Wildman–Crippen MR) is 119 cm³/mol. The van der Waals surface area contributed by atoms with Crippen molar-refractivity contribution in [3.05, 3.63) is 62.0 Å².